The van der Waals surface area contributed by atoms with E-state index in [-0.39, 0.29) is 0 Å². The maximum absolute atomic E-state index is 12.0. The molecule has 2 aromatic rings. The van der Waals surface area contributed by atoms with Crippen molar-refractivity contribution in [3.63, 3.8) is 0 Å². The Morgan fingerprint density at radius 1 is 1.04 bits per heavy atom. The Balaban J connectivity index is 1.89. The number of benzene rings is 2. The molecule has 0 heterocycles. The molecule has 0 aliphatic carbocycles. The first-order valence-corrected chi connectivity index (χ1v) is 9.06. The second-order valence-electron chi connectivity index (χ2n) is 5.32. The molecule has 2 aromatic carbocycles. The normalized spacial score (nSPS) is 11.4. The van der Waals surface area contributed by atoms with Crippen molar-refractivity contribution in [1.82, 2.24) is 9.62 Å². The molecule has 0 atom stereocenters. The van der Waals surface area contributed by atoms with E-state index in [1.165, 1.54) is 11.0 Å². The molecule has 0 saturated heterocycles. The van der Waals surface area contributed by atoms with Gasteiger partial charge in [-0.1, -0.05) is 60.7 Å². The van der Waals surface area contributed by atoms with Crippen LogP contribution in [-0.2, 0) is 16.4 Å². The quantitative estimate of drug-likeness (QED) is 0.876. The Kier molecular flexibility index (Phi) is 6.14. The highest BCUT2D eigenvalue weighted by molar-refractivity contribution is 7.93. The summed E-state index contributed by atoms with van der Waals surface area (Å²) in [6.45, 7) is 0.424. The molecule has 0 spiro atoms. The van der Waals surface area contributed by atoms with Crippen LogP contribution < -0.4 is 4.72 Å². The van der Waals surface area contributed by atoms with E-state index < -0.39 is 16.1 Å². The third-order valence-corrected chi connectivity index (χ3v) is 4.35. The van der Waals surface area contributed by atoms with Gasteiger partial charge in [0.2, 0.25) is 0 Å². The second kappa shape index (κ2) is 8.31. The van der Waals surface area contributed by atoms with Crippen LogP contribution in [0.25, 0.3) is 6.08 Å². The standard InChI is InChI=1S/C18H20N2O3S/c1-20(14-12-16-8-4-2-5-9-16)18(21)19-24(22,23)15-13-17-10-6-3-7-11-17/h2-11,13,15H,12,14H2,1H3,(H,19,21). The fourth-order valence-electron chi connectivity index (χ4n) is 2.01. The van der Waals surface area contributed by atoms with Crippen LogP contribution in [0.3, 0.4) is 0 Å². The molecule has 2 rings (SSSR count). The molecule has 1 N–H and O–H groups in total. The molecule has 0 fully saturated rings. The monoisotopic (exact) mass is 344 g/mol. The van der Waals surface area contributed by atoms with Gasteiger partial charge in [0.25, 0.3) is 10.0 Å². The number of nitrogens with one attached hydrogen (secondary N) is 1. The first-order chi connectivity index (χ1) is 11.5. The molecule has 0 bridgehead atoms. The zero-order chi connectivity index (χ0) is 17.4. The lowest BCUT2D eigenvalue weighted by Gasteiger charge is -2.17. The minimum atomic E-state index is -3.83. The number of sulfonamides is 1. The van der Waals surface area contributed by atoms with Gasteiger partial charge in [-0.2, -0.15) is 0 Å². The Morgan fingerprint density at radius 3 is 2.25 bits per heavy atom. The van der Waals surface area contributed by atoms with Crippen LogP contribution in [0.4, 0.5) is 4.79 Å². The molecule has 6 heteroatoms. The van der Waals surface area contributed by atoms with Gasteiger partial charge >= 0.3 is 6.03 Å². The molecule has 0 aliphatic rings. The van der Waals surface area contributed by atoms with E-state index in [9.17, 15) is 13.2 Å². The summed E-state index contributed by atoms with van der Waals surface area (Å²) < 4.78 is 25.9. The van der Waals surface area contributed by atoms with E-state index in [2.05, 4.69) is 0 Å². The largest absolute Gasteiger partial charge is 0.331 e. The summed E-state index contributed by atoms with van der Waals surface area (Å²) in [6, 6.07) is 18.1. The molecule has 126 valence electrons. The summed E-state index contributed by atoms with van der Waals surface area (Å²) in [4.78, 5) is 13.3. The van der Waals surface area contributed by atoms with Crippen LogP contribution in [0.2, 0.25) is 0 Å². The Labute approximate surface area is 142 Å². The third kappa shape index (κ3) is 5.89. The van der Waals surface area contributed by atoms with Crippen molar-refractivity contribution >= 4 is 22.1 Å². The third-order valence-electron chi connectivity index (χ3n) is 3.39. The molecule has 24 heavy (non-hydrogen) atoms. The topological polar surface area (TPSA) is 66.5 Å². The molecule has 0 aromatic heterocycles. The van der Waals surface area contributed by atoms with Gasteiger partial charge < -0.3 is 4.90 Å². The van der Waals surface area contributed by atoms with E-state index in [1.54, 1.807) is 19.2 Å². The predicted molar refractivity (Wildman–Crippen MR) is 95.7 cm³/mol. The van der Waals surface area contributed by atoms with Crippen LogP contribution in [0.1, 0.15) is 11.1 Å². The highest BCUT2D eigenvalue weighted by atomic mass is 32.2. The first-order valence-electron chi connectivity index (χ1n) is 7.51. The van der Waals surface area contributed by atoms with Crippen molar-refractivity contribution in [2.24, 2.45) is 0 Å². The van der Waals surface area contributed by atoms with Gasteiger partial charge in [-0.15, -0.1) is 0 Å². The van der Waals surface area contributed by atoms with Gasteiger partial charge in [-0.05, 0) is 23.6 Å². The lowest BCUT2D eigenvalue weighted by molar-refractivity contribution is 0.215. The smallest absolute Gasteiger partial charge is 0.327 e. The Hall–Kier alpha value is -2.60. The molecule has 0 unspecified atom stereocenters. The number of nitrogens with zero attached hydrogens (tertiary/aromatic N) is 1. The Bertz CT molecular complexity index is 788. The summed E-state index contributed by atoms with van der Waals surface area (Å²) >= 11 is 0. The van der Waals surface area contributed by atoms with Crippen molar-refractivity contribution in [3.05, 3.63) is 77.2 Å². The van der Waals surface area contributed by atoms with Gasteiger partial charge in [-0.25, -0.2) is 17.9 Å². The maximum atomic E-state index is 12.0. The van der Waals surface area contributed by atoms with Crippen molar-refractivity contribution in [2.45, 2.75) is 6.42 Å². The molecular formula is C18H20N2O3S. The zero-order valence-electron chi connectivity index (χ0n) is 13.4. The average Bonchev–Trinajstić information content (AvgIpc) is 2.59. The van der Waals surface area contributed by atoms with E-state index in [1.807, 2.05) is 53.3 Å². The minimum Gasteiger partial charge on any atom is -0.327 e. The van der Waals surface area contributed by atoms with Gasteiger partial charge in [0.15, 0.2) is 0 Å². The van der Waals surface area contributed by atoms with Crippen LogP contribution in [0.5, 0.6) is 0 Å². The number of likely N-dealkylation sites (N-methyl/N-ethyl adjacent to an activating group) is 1. The molecular weight excluding hydrogens is 324 g/mol. The number of urea groups is 1. The van der Waals surface area contributed by atoms with Gasteiger partial charge in [0.05, 0.1) is 5.41 Å². The molecule has 0 aliphatic heterocycles. The number of amides is 2. The average molecular weight is 344 g/mol. The van der Waals surface area contributed by atoms with Crippen LogP contribution in [0.15, 0.2) is 66.1 Å². The molecule has 2 amide bonds. The highest BCUT2D eigenvalue weighted by Gasteiger charge is 2.15. The molecule has 0 radical (unpaired) electrons. The van der Waals surface area contributed by atoms with Crippen LogP contribution >= 0.6 is 0 Å². The predicted octanol–water partition coefficient (Wildman–Crippen LogP) is 2.87. The molecule has 5 nitrogen and oxygen atoms in total. The summed E-state index contributed by atoms with van der Waals surface area (Å²) in [5.74, 6) is 0. The van der Waals surface area contributed by atoms with Crippen molar-refractivity contribution in [1.29, 1.82) is 0 Å². The van der Waals surface area contributed by atoms with Crippen molar-refractivity contribution in [2.75, 3.05) is 13.6 Å². The number of carbonyl (C=O) groups excluding carboxylic acids is 1. The van der Waals surface area contributed by atoms with Crippen LogP contribution in [-0.4, -0.2) is 32.9 Å². The fraction of sp³-hybridized carbons (Fsp3) is 0.167. The van der Waals surface area contributed by atoms with Crippen LogP contribution in [0, 0.1) is 0 Å². The number of rotatable bonds is 6. The van der Waals surface area contributed by atoms with E-state index in [4.69, 9.17) is 0 Å². The summed E-state index contributed by atoms with van der Waals surface area (Å²) in [5, 5.41) is 0.991. The minimum absolute atomic E-state index is 0.424. The highest BCUT2D eigenvalue weighted by Crippen LogP contribution is 2.04. The SMILES string of the molecule is CN(CCc1ccccc1)C(=O)NS(=O)(=O)C=Cc1ccccc1. The number of hydrogen-bond donors (Lipinski definition) is 1. The van der Waals surface area contributed by atoms with Gasteiger partial charge in [0, 0.05) is 13.6 Å². The lowest BCUT2D eigenvalue weighted by atomic mass is 10.1. The van der Waals surface area contributed by atoms with E-state index in [0.29, 0.717) is 13.0 Å². The van der Waals surface area contributed by atoms with Gasteiger partial charge in [0.1, 0.15) is 0 Å². The zero-order valence-corrected chi connectivity index (χ0v) is 14.2. The van der Waals surface area contributed by atoms with Crippen molar-refractivity contribution in [3.8, 4) is 0 Å². The number of carbonyl (C=O) groups is 1. The van der Waals surface area contributed by atoms with E-state index in [0.717, 1.165) is 16.5 Å². The fourth-order valence-corrected chi connectivity index (χ4v) is 2.81. The summed E-state index contributed by atoms with van der Waals surface area (Å²) in [7, 11) is -2.26. The maximum Gasteiger partial charge on any atom is 0.331 e. The second-order valence-corrected chi connectivity index (χ2v) is 6.89. The Morgan fingerprint density at radius 2 is 1.62 bits per heavy atom. The summed E-state index contributed by atoms with van der Waals surface area (Å²) in [5.41, 5.74) is 1.83. The molecule has 0 saturated carbocycles. The summed E-state index contributed by atoms with van der Waals surface area (Å²) in [6.07, 6.45) is 2.10. The van der Waals surface area contributed by atoms with Gasteiger partial charge in [-0.3, -0.25) is 0 Å². The number of hydrogen-bond acceptors (Lipinski definition) is 3. The van der Waals surface area contributed by atoms with E-state index >= 15 is 0 Å². The lowest BCUT2D eigenvalue weighted by Crippen LogP contribution is -2.40. The van der Waals surface area contributed by atoms with Crippen molar-refractivity contribution < 1.29 is 13.2 Å². The first kappa shape index (κ1) is 17.7.